The van der Waals surface area contributed by atoms with E-state index in [0.717, 1.165) is 31.6 Å². The van der Waals surface area contributed by atoms with Gasteiger partial charge in [0.25, 0.3) is 0 Å². The molecule has 0 spiro atoms. The van der Waals surface area contributed by atoms with Gasteiger partial charge < -0.3 is 4.74 Å². The first-order chi connectivity index (χ1) is 9.38. The van der Waals surface area contributed by atoms with Crippen molar-refractivity contribution in [1.29, 1.82) is 0 Å². The van der Waals surface area contributed by atoms with Crippen LogP contribution in [0.25, 0.3) is 10.9 Å². The molecule has 2 atom stereocenters. The summed E-state index contributed by atoms with van der Waals surface area (Å²) in [6.07, 6.45) is 3.95. The van der Waals surface area contributed by atoms with Crippen LogP contribution in [0.4, 0.5) is 0 Å². The minimum atomic E-state index is 0.152. The van der Waals surface area contributed by atoms with Gasteiger partial charge in [-0.1, -0.05) is 18.2 Å². The third-order valence-corrected chi connectivity index (χ3v) is 3.85. The molecule has 1 aliphatic heterocycles. The molecule has 1 saturated heterocycles. The van der Waals surface area contributed by atoms with Crippen LogP contribution in [0.2, 0.25) is 0 Å². The third-order valence-electron chi connectivity index (χ3n) is 3.85. The highest BCUT2D eigenvalue weighted by molar-refractivity contribution is 5.82. The van der Waals surface area contributed by atoms with Gasteiger partial charge in [-0.3, -0.25) is 16.3 Å². The van der Waals surface area contributed by atoms with Crippen LogP contribution >= 0.6 is 0 Å². The molecule has 1 aliphatic rings. The predicted octanol–water partition coefficient (Wildman–Crippen LogP) is 2.17. The Morgan fingerprint density at radius 2 is 2.32 bits per heavy atom. The van der Waals surface area contributed by atoms with Gasteiger partial charge in [-0.25, -0.2) is 0 Å². The van der Waals surface area contributed by atoms with Crippen LogP contribution in [-0.2, 0) is 4.74 Å². The van der Waals surface area contributed by atoms with Gasteiger partial charge in [0.05, 0.1) is 5.52 Å². The van der Waals surface area contributed by atoms with Crippen LogP contribution in [-0.4, -0.2) is 18.2 Å². The first-order valence-corrected chi connectivity index (χ1v) is 6.76. The second-order valence-corrected chi connectivity index (χ2v) is 5.10. The molecule has 1 aromatic carbocycles. The Morgan fingerprint density at radius 3 is 3.11 bits per heavy atom. The van der Waals surface area contributed by atoms with Crippen LogP contribution in [0, 0.1) is 5.92 Å². The van der Waals surface area contributed by atoms with Gasteiger partial charge in [0.1, 0.15) is 0 Å². The van der Waals surface area contributed by atoms with E-state index in [1.54, 1.807) is 0 Å². The molecule has 0 aliphatic carbocycles. The van der Waals surface area contributed by atoms with Crippen molar-refractivity contribution in [3.8, 4) is 0 Å². The number of nitrogens with one attached hydrogen (secondary N) is 1. The fraction of sp³-hybridized carbons (Fsp3) is 0.400. The van der Waals surface area contributed by atoms with Crippen LogP contribution in [0.15, 0.2) is 36.5 Å². The molecule has 4 nitrogen and oxygen atoms in total. The number of aromatic nitrogens is 1. The minimum absolute atomic E-state index is 0.152. The van der Waals surface area contributed by atoms with Gasteiger partial charge in [-0.05, 0) is 36.5 Å². The molecule has 4 heteroatoms. The summed E-state index contributed by atoms with van der Waals surface area (Å²) in [6, 6.07) is 10.4. The zero-order chi connectivity index (χ0) is 13.1. The van der Waals surface area contributed by atoms with E-state index < -0.39 is 0 Å². The summed E-state index contributed by atoms with van der Waals surface area (Å²) < 4.78 is 5.44. The Hall–Kier alpha value is -1.49. The Bertz CT molecular complexity index is 547. The van der Waals surface area contributed by atoms with Crippen molar-refractivity contribution in [3.63, 3.8) is 0 Å². The number of benzene rings is 1. The van der Waals surface area contributed by atoms with Crippen molar-refractivity contribution in [3.05, 3.63) is 42.1 Å². The summed E-state index contributed by atoms with van der Waals surface area (Å²) in [5, 5.41) is 1.17. The monoisotopic (exact) mass is 257 g/mol. The summed E-state index contributed by atoms with van der Waals surface area (Å²) in [6.45, 7) is 1.72. The molecular weight excluding hydrogens is 238 g/mol. The maximum atomic E-state index is 5.76. The molecule has 2 aromatic rings. The molecule has 0 radical (unpaired) electrons. The van der Waals surface area contributed by atoms with E-state index in [4.69, 9.17) is 10.6 Å². The lowest BCUT2D eigenvalue weighted by molar-refractivity contribution is 0.181. The number of fused-ring (bicyclic) bond motifs is 1. The highest BCUT2D eigenvalue weighted by Gasteiger charge is 2.22. The van der Waals surface area contributed by atoms with Crippen molar-refractivity contribution in [2.75, 3.05) is 13.2 Å². The van der Waals surface area contributed by atoms with Crippen LogP contribution in [0.1, 0.15) is 24.4 Å². The topological polar surface area (TPSA) is 60.2 Å². The molecular formula is C15H19N3O. The maximum absolute atomic E-state index is 5.76. The van der Waals surface area contributed by atoms with E-state index in [1.165, 1.54) is 10.9 Å². The van der Waals surface area contributed by atoms with Gasteiger partial charge in [-0.15, -0.1) is 0 Å². The minimum Gasteiger partial charge on any atom is -0.381 e. The number of nitrogens with zero attached hydrogens (tertiary/aromatic N) is 1. The average Bonchev–Trinajstić information content (AvgIpc) is 2.97. The number of hydrogen-bond donors (Lipinski definition) is 2. The summed E-state index contributed by atoms with van der Waals surface area (Å²) >= 11 is 0. The fourth-order valence-corrected chi connectivity index (χ4v) is 2.82. The Kier molecular flexibility index (Phi) is 3.73. The lowest BCUT2D eigenvalue weighted by Gasteiger charge is -2.20. The SMILES string of the molecule is NNC(CC1CCOC1)c1cccc2ncccc12. The normalized spacial score (nSPS) is 20.8. The van der Waals surface area contributed by atoms with E-state index >= 15 is 0 Å². The number of ether oxygens (including phenoxy) is 1. The van der Waals surface area contributed by atoms with Gasteiger partial charge in [-0.2, -0.15) is 0 Å². The molecule has 2 unspecified atom stereocenters. The van der Waals surface area contributed by atoms with Gasteiger partial charge in [0.15, 0.2) is 0 Å². The molecule has 0 amide bonds. The molecule has 3 N–H and O–H groups in total. The van der Waals surface area contributed by atoms with Crippen molar-refractivity contribution >= 4 is 10.9 Å². The smallest absolute Gasteiger partial charge is 0.0705 e. The first-order valence-electron chi connectivity index (χ1n) is 6.76. The molecule has 3 rings (SSSR count). The molecule has 0 bridgehead atoms. The molecule has 1 fully saturated rings. The first kappa shape index (κ1) is 12.5. The number of rotatable bonds is 4. The second-order valence-electron chi connectivity index (χ2n) is 5.10. The quantitative estimate of drug-likeness (QED) is 0.651. The zero-order valence-corrected chi connectivity index (χ0v) is 10.9. The van der Waals surface area contributed by atoms with Crippen molar-refractivity contribution in [1.82, 2.24) is 10.4 Å². The summed E-state index contributed by atoms with van der Waals surface area (Å²) in [4.78, 5) is 4.40. The van der Waals surface area contributed by atoms with Gasteiger partial charge in [0.2, 0.25) is 0 Å². The summed E-state index contributed by atoms with van der Waals surface area (Å²) in [5.41, 5.74) is 5.19. The van der Waals surface area contributed by atoms with Crippen LogP contribution in [0.5, 0.6) is 0 Å². The average molecular weight is 257 g/mol. The predicted molar refractivity (Wildman–Crippen MR) is 75.4 cm³/mol. The van der Waals surface area contributed by atoms with E-state index in [2.05, 4.69) is 22.5 Å². The van der Waals surface area contributed by atoms with Crippen molar-refractivity contribution in [2.24, 2.45) is 11.8 Å². The number of nitrogens with two attached hydrogens (primary N) is 1. The highest BCUT2D eigenvalue weighted by atomic mass is 16.5. The van der Waals surface area contributed by atoms with E-state index in [9.17, 15) is 0 Å². The molecule has 2 heterocycles. The Labute approximate surface area is 112 Å². The molecule has 0 saturated carbocycles. The fourth-order valence-electron chi connectivity index (χ4n) is 2.82. The standard InChI is InChI=1S/C15H19N3O/c16-18-15(9-11-6-8-19-10-11)13-3-1-5-14-12(13)4-2-7-17-14/h1-5,7,11,15,18H,6,8-10,16H2. The van der Waals surface area contributed by atoms with Crippen LogP contribution in [0.3, 0.4) is 0 Å². The molecule has 19 heavy (non-hydrogen) atoms. The number of pyridine rings is 1. The van der Waals surface area contributed by atoms with Gasteiger partial charge >= 0.3 is 0 Å². The van der Waals surface area contributed by atoms with E-state index in [1.807, 2.05) is 24.4 Å². The number of hydrazine groups is 1. The molecule has 1 aromatic heterocycles. The summed E-state index contributed by atoms with van der Waals surface area (Å²) in [7, 11) is 0. The highest BCUT2D eigenvalue weighted by Crippen LogP contribution is 2.29. The third kappa shape index (κ3) is 2.61. The maximum Gasteiger partial charge on any atom is 0.0705 e. The van der Waals surface area contributed by atoms with Gasteiger partial charge in [0, 0.05) is 30.8 Å². The van der Waals surface area contributed by atoms with E-state index in [0.29, 0.717) is 5.92 Å². The zero-order valence-electron chi connectivity index (χ0n) is 10.9. The Morgan fingerprint density at radius 1 is 1.37 bits per heavy atom. The van der Waals surface area contributed by atoms with E-state index in [-0.39, 0.29) is 6.04 Å². The van der Waals surface area contributed by atoms with Crippen LogP contribution < -0.4 is 11.3 Å². The lowest BCUT2D eigenvalue weighted by atomic mass is 9.92. The van der Waals surface area contributed by atoms with Crippen molar-refractivity contribution < 1.29 is 4.74 Å². The largest absolute Gasteiger partial charge is 0.381 e. The van der Waals surface area contributed by atoms with Crippen molar-refractivity contribution in [2.45, 2.75) is 18.9 Å². The lowest BCUT2D eigenvalue weighted by Crippen LogP contribution is -2.30. The number of hydrogen-bond acceptors (Lipinski definition) is 4. The summed E-state index contributed by atoms with van der Waals surface area (Å²) in [5.74, 6) is 6.35. The molecule has 100 valence electrons. The second kappa shape index (κ2) is 5.65. The Balaban J connectivity index is 1.91.